The Labute approximate surface area is 185 Å². The third kappa shape index (κ3) is 5.72. The summed E-state index contributed by atoms with van der Waals surface area (Å²) in [6, 6.07) is 17.8. The summed E-state index contributed by atoms with van der Waals surface area (Å²) in [6.45, 7) is 6.78. The molecule has 2 nitrogen and oxygen atoms in total. The highest BCUT2D eigenvalue weighted by molar-refractivity contribution is 6.53. The number of halogens is 1. The standard InChI is InChI=1S/C26H28ClNO/c1-3-28(4-2)19-20-29-24-17-15-22(16-18-24)25(21-11-7-5-8-12-21)26(27)23-13-9-6-10-14-23/h5-18H,3-4,19-20H2,1-2H3/b26-25+/i15D,16D,17D,18D. The van der Waals surface area contributed by atoms with E-state index in [4.69, 9.17) is 21.8 Å². The van der Waals surface area contributed by atoms with E-state index >= 15 is 0 Å². The molecular formula is C26H28ClNO. The van der Waals surface area contributed by atoms with Crippen LogP contribution in [0.15, 0.2) is 84.8 Å². The summed E-state index contributed by atoms with van der Waals surface area (Å²) in [6.07, 6.45) is 0. The summed E-state index contributed by atoms with van der Waals surface area (Å²) in [5, 5.41) is 0.359. The third-order valence-corrected chi connectivity index (χ3v) is 5.12. The molecule has 0 N–H and O–H groups in total. The molecule has 0 heterocycles. The third-order valence-electron chi connectivity index (χ3n) is 4.71. The second-order valence-corrected chi connectivity index (χ2v) is 6.88. The molecule has 0 unspecified atom stereocenters. The molecule has 0 atom stereocenters. The first-order valence-corrected chi connectivity index (χ1v) is 10.2. The van der Waals surface area contributed by atoms with Gasteiger partial charge in [-0.2, -0.15) is 0 Å². The average molecular weight is 410 g/mol. The summed E-state index contributed by atoms with van der Waals surface area (Å²) < 4.78 is 40.3. The zero-order chi connectivity index (χ0) is 24.0. The lowest BCUT2D eigenvalue weighted by Crippen LogP contribution is -2.27. The van der Waals surface area contributed by atoms with Gasteiger partial charge < -0.3 is 9.64 Å². The quantitative estimate of drug-likeness (QED) is 0.371. The largest absolute Gasteiger partial charge is 0.492 e. The van der Waals surface area contributed by atoms with Gasteiger partial charge in [0.25, 0.3) is 0 Å². The van der Waals surface area contributed by atoms with Crippen molar-refractivity contribution in [2.24, 2.45) is 0 Å². The molecule has 3 aromatic carbocycles. The molecule has 29 heavy (non-hydrogen) atoms. The maximum Gasteiger partial charge on any atom is 0.119 e. The highest BCUT2D eigenvalue weighted by atomic mass is 35.5. The van der Waals surface area contributed by atoms with Crippen LogP contribution in [0.3, 0.4) is 0 Å². The SMILES string of the molecule is [2H]c1c([2H])c(/C(=C(/Cl)c2ccccc2)c2ccccc2)c([2H])c([2H])c1OCCN(CC)CC. The molecule has 0 saturated carbocycles. The summed E-state index contributed by atoms with van der Waals surface area (Å²) in [7, 11) is 0. The van der Waals surface area contributed by atoms with Crippen molar-refractivity contribution < 1.29 is 10.2 Å². The first-order valence-electron chi connectivity index (χ1n) is 11.9. The highest BCUT2D eigenvalue weighted by Gasteiger charge is 2.12. The molecule has 0 saturated heterocycles. The Morgan fingerprint density at radius 1 is 0.828 bits per heavy atom. The molecule has 150 valence electrons. The normalized spacial score (nSPS) is 13.9. The molecule has 3 heteroatoms. The summed E-state index contributed by atoms with van der Waals surface area (Å²) in [5.41, 5.74) is 2.05. The Morgan fingerprint density at radius 3 is 1.93 bits per heavy atom. The van der Waals surface area contributed by atoms with E-state index in [0.717, 1.165) is 18.7 Å². The monoisotopic (exact) mass is 409 g/mol. The first-order chi connectivity index (χ1) is 15.9. The van der Waals surface area contributed by atoms with Crippen molar-refractivity contribution in [3.8, 4) is 5.75 Å². The summed E-state index contributed by atoms with van der Waals surface area (Å²) >= 11 is 6.83. The van der Waals surface area contributed by atoms with Crippen LogP contribution in [0.25, 0.3) is 10.6 Å². The lowest BCUT2D eigenvalue weighted by atomic mass is 9.95. The van der Waals surface area contributed by atoms with E-state index in [9.17, 15) is 0 Å². The minimum atomic E-state index is -0.212. The Kier molecular flexibility index (Phi) is 6.09. The van der Waals surface area contributed by atoms with Gasteiger partial charge in [-0.05, 0) is 41.9 Å². The van der Waals surface area contributed by atoms with Crippen LogP contribution in [-0.2, 0) is 0 Å². The molecule has 0 bridgehead atoms. The van der Waals surface area contributed by atoms with Crippen LogP contribution in [-0.4, -0.2) is 31.1 Å². The Hall–Kier alpha value is -2.55. The van der Waals surface area contributed by atoms with Crippen molar-refractivity contribution in [3.05, 3.63) is 102 Å². The topological polar surface area (TPSA) is 12.5 Å². The second-order valence-electron chi connectivity index (χ2n) is 6.50. The highest BCUT2D eigenvalue weighted by Crippen LogP contribution is 2.35. The van der Waals surface area contributed by atoms with Gasteiger partial charge in [0, 0.05) is 12.1 Å². The fraction of sp³-hybridized carbons (Fsp3) is 0.231. The Morgan fingerprint density at radius 2 is 1.38 bits per heavy atom. The van der Waals surface area contributed by atoms with Crippen molar-refractivity contribution in [3.63, 3.8) is 0 Å². The molecule has 0 aliphatic carbocycles. The molecule has 0 spiro atoms. The molecule has 0 radical (unpaired) electrons. The number of hydrogen-bond acceptors (Lipinski definition) is 2. The van der Waals surface area contributed by atoms with E-state index in [0.29, 0.717) is 22.7 Å². The smallest absolute Gasteiger partial charge is 0.119 e. The summed E-state index contributed by atoms with van der Waals surface area (Å²) in [4.78, 5) is 2.17. The van der Waals surface area contributed by atoms with E-state index in [1.807, 2.05) is 60.7 Å². The Balaban J connectivity index is 2.15. The van der Waals surface area contributed by atoms with Crippen molar-refractivity contribution in [2.75, 3.05) is 26.2 Å². The van der Waals surface area contributed by atoms with Gasteiger partial charge in [0.15, 0.2) is 0 Å². The molecule has 3 aromatic rings. The number of nitrogens with zero attached hydrogens (tertiary/aromatic N) is 1. The van der Waals surface area contributed by atoms with E-state index in [1.165, 1.54) is 0 Å². The lowest BCUT2D eigenvalue weighted by molar-refractivity contribution is 0.223. The van der Waals surface area contributed by atoms with Crippen molar-refractivity contribution >= 4 is 22.2 Å². The van der Waals surface area contributed by atoms with E-state index in [2.05, 4.69) is 18.7 Å². The minimum Gasteiger partial charge on any atom is -0.492 e. The van der Waals surface area contributed by atoms with Crippen LogP contribution in [0, 0.1) is 0 Å². The zero-order valence-electron chi connectivity index (χ0n) is 20.8. The van der Waals surface area contributed by atoms with E-state index in [1.54, 1.807) is 0 Å². The van der Waals surface area contributed by atoms with Gasteiger partial charge in [-0.25, -0.2) is 0 Å². The maximum atomic E-state index is 8.73. The first kappa shape index (κ1) is 16.3. The fourth-order valence-corrected chi connectivity index (χ4v) is 3.36. The molecule has 0 aromatic heterocycles. The van der Waals surface area contributed by atoms with E-state index in [-0.39, 0.29) is 42.1 Å². The van der Waals surface area contributed by atoms with Crippen molar-refractivity contribution in [1.29, 1.82) is 0 Å². The molecule has 0 amide bonds. The average Bonchev–Trinajstić information content (AvgIpc) is 2.86. The van der Waals surface area contributed by atoms with Crippen molar-refractivity contribution in [2.45, 2.75) is 13.8 Å². The van der Waals surface area contributed by atoms with Gasteiger partial charge >= 0.3 is 0 Å². The maximum absolute atomic E-state index is 8.73. The van der Waals surface area contributed by atoms with Crippen LogP contribution in [0.5, 0.6) is 5.75 Å². The predicted molar refractivity (Wildman–Crippen MR) is 124 cm³/mol. The number of rotatable bonds is 9. The van der Waals surface area contributed by atoms with Crippen molar-refractivity contribution in [1.82, 2.24) is 4.90 Å². The predicted octanol–water partition coefficient (Wildman–Crippen LogP) is 6.56. The van der Waals surface area contributed by atoms with Gasteiger partial charge in [-0.3, -0.25) is 0 Å². The Bertz CT molecular complexity index is 1090. The molecule has 0 fully saturated rings. The van der Waals surface area contributed by atoms with Crippen LogP contribution >= 0.6 is 11.6 Å². The second kappa shape index (κ2) is 10.8. The van der Waals surface area contributed by atoms with Gasteiger partial charge in [0.1, 0.15) is 12.4 Å². The van der Waals surface area contributed by atoms with Crippen LogP contribution in [0.2, 0.25) is 0 Å². The minimum absolute atomic E-state index is 0.0378. The number of benzene rings is 3. The molecule has 3 rings (SSSR count). The van der Waals surface area contributed by atoms with E-state index < -0.39 is 0 Å². The summed E-state index contributed by atoms with van der Waals surface area (Å²) in [5.74, 6) is -0.0378. The molecule has 0 aliphatic heterocycles. The van der Waals surface area contributed by atoms with Gasteiger partial charge in [-0.15, -0.1) is 0 Å². The number of hydrogen-bond donors (Lipinski definition) is 0. The van der Waals surface area contributed by atoms with Crippen LogP contribution in [0.1, 0.15) is 36.0 Å². The van der Waals surface area contributed by atoms with Gasteiger partial charge in [0.2, 0.25) is 0 Å². The van der Waals surface area contributed by atoms with Gasteiger partial charge in [-0.1, -0.05) is 98.2 Å². The van der Waals surface area contributed by atoms with Gasteiger partial charge in [0.05, 0.1) is 10.5 Å². The molecular weight excluding hydrogens is 378 g/mol. The zero-order valence-corrected chi connectivity index (χ0v) is 17.6. The fourth-order valence-electron chi connectivity index (χ4n) is 3.03. The molecule has 0 aliphatic rings. The lowest BCUT2D eigenvalue weighted by Gasteiger charge is -2.18. The van der Waals surface area contributed by atoms with Crippen LogP contribution < -0.4 is 4.74 Å². The number of likely N-dealkylation sites (N-methyl/N-ethyl adjacent to an activating group) is 1. The van der Waals surface area contributed by atoms with Crippen LogP contribution in [0.4, 0.5) is 0 Å². The number of ether oxygens (including phenoxy) is 1.